The average Bonchev–Trinajstić information content (AvgIpc) is 3.20. The van der Waals surface area contributed by atoms with Crippen molar-refractivity contribution in [2.24, 2.45) is 0 Å². The van der Waals surface area contributed by atoms with Gasteiger partial charge in [0.1, 0.15) is 0 Å². The van der Waals surface area contributed by atoms with E-state index in [9.17, 15) is 2.74 Å². The Hall–Kier alpha value is -6.18. The first kappa shape index (κ1) is 24.1. The van der Waals surface area contributed by atoms with Crippen LogP contribution in [0.3, 0.4) is 0 Å². The third kappa shape index (κ3) is 5.95. The van der Waals surface area contributed by atoms with E-state index in [0.717, 1.165) is 44.8 Å². The zero-order chi connectivity index (χ0) is 34.9. The molecule has 0 spiro atoms. The number of hydrogen-bond donors (Lipinski definition) is 0. The molecule has 0 aliphatic heterocycles. The van der Waals surface area contributed by atoms with Gasteiger partial charge < -0.3 is 4.90 Å². The van der Waals surface area contributed by atoms with Gasteiger partial charge in [0.25, 0.3) is 0 Å². The van der Waals surface area contributed by atoms with Crippen molar-refractivity contribution >= 4 is 27.8 Å². The summed E-state index contributed by atoms with van der Waals surface area (Å²) in [5.41, 5.74) is 9.10. The van der Waals surface area contributed by atoms with Crippen molar-refractivity contribution in [1.29, 1.82) is 0 Å². The molecule has 8 aromatic rings. The lowest BCUT2D eigenvalue weighted by atomic mass is 9.97. The Morgan fingerprint density at radius 2 is 0.702 bits per heavy atom. The first-order valence-electron chi connectivity index (χ1n) is 17.8. The number of anilines is 3. The molecule has 0 N–H and O–H groups in total. The monoisotopic (exact) mass is 603 g/mol. The summed E-state index contributed by atoms with van der Waals surface area (Å²) in [6.07, 6.45) is 0. The summed E-state index contributed by atoms with van der Waals surface area (Å²) < 4.78 is 36.5. The highest BCUT2D eigenvalue weighted by Gasteiger charge is 2.14. The fourth-order valence-electron chi connectivity index (χ4n) is 6.06. The molecule has 0 atom stereocenters. The van der Waals surface area contributed by atoms with Crippen LogP contribution in [0, 0.1) is 0 Å². The molecule has 8 rings (SSSR count). The Balaban J connectivity index is 1.22. The SMILES string of the molecule is [2H]c1c([2H])c(N(c2ccc(-c3ccccc3)cc2)c2ccc(-c3cccc(-c4ccc5ccccc5c4)c3)cc2)c([2H])c([2H])c1-c1ccccc1. The van der Waals surface area contributed by atoms with Crippen LogP contribution in [0.15, 0.2) is 200 Å². The molecule has 0 fully saturated rings. The maximum Gasteiger partial charge on any atom is 0.0645 e. The van der Waals surface area contributed by atoms with E-state index in [2.05, 4.69) is 91.0 Å². The highest BCUT2D eigenvalue weighted by Crippen LogP contribution is 2.38. The molecule has 1 nitrogen and oxygen atoms in total. The van der Waals surface area contributed by atoms with Gasteiger partial charge in [-0.3, -0.25) is 0 Å². The smallest absolute Gasteiger partial charge is 0.0645 e. The summed E-state index contributed by atoms with van der Waals surface area (Å²) in [7, 11) is 0. The number of fused-ring (bicyclic) bond motifs is 1. The Morgan fingerprint density at radius 3 is 1.32 bits per heavy atom. The minimum Gasteiger partial charge on any atom is -0.311 e. The van der Waals surface area contributed by atoms with E-state index < -0.39 is 0 Å². The quantitative estimate of drug-likeness (QED) is 0.175. The van der Waals surface area contributed by atoms with Crippen LogP contribution in [0.25, 0.3) is 55.3 Å². The standard InChI is InChI=1S/C46H33N/c1-3-10-34(11-4-1)37-20-26-44(27-21-37)47(45-28-22-38(23-29-45)35-12-5-2-6-13-35)46-30-24-39(25-31-46)41-16-9-17-42(32-41)43-19-18-36-14-7-8-15-40(36)33-43/h1-33H/i20D,21D,26D,27D. The van der Waals surface area contributed by atoms with Crippen LogP contribution >= 0.6 is 0 Å². The molecule has 0 radical (unpaired) electrons. The second-order valence-corrected chi connectivity index (χ2v) is 11.5. The van der Waals surface area contributed by atoms with Crippen molar-refractivity contribution in [2.45, 2.75) is 0 Å². The summed E-state index contributed by atoms with van der Waals surface area (Å²) >= 11 is 0. The predicted octanol–water partition coefficient (Wildman–Crippen LogP) is 13.0. The Bertz CT molecular complexity index is 2470. The van der Waals surface area contributed by atoms with Gasteiger partial charge in [0, 0.05) is 17.1 Å². The number of hydrogen-bond acceptors (Lipinski definition) is 1. The van der Waals surface area contributed by atoms with Crippen molar-refractivity contribution in [1.82, 2.24) is 0 Å². The van der Waals surface area contributed by atoms with Crippen LogP contribution < -0.4 is 4.90 Å². The Labute approximate surface area is 282 Å². The van der Waals surface area contributed by atoms with E-state index in [4.69, 9.17) is 2.74 Å². The minimum absolute atomic E-state index is 0.0785. The average molecular weight is 604 g/mol. The van der Waals surface area contributed by atoms with Gasteiger partial charge in [0.05, 0.1) is 5.48 Å². The van der Waals surface area contributed by atoms with Gasteiger partial charge in [-0.25, -0.2) is 0 Å². The normalized spacial score (nSPS) is 12.2. The second kappa shape index (κ2) is 12.7. The van der Waals surface area contributed by atoms with E-state index in [1.54, 1.807) is 0 Å². The zero-order valence-electron chi connectivity index (χ0n) is 29.7. The van der Waals surface area contributed by atoms with Crippen molar-refractivity contribution < 1.29 is 5.48 Å². The molecule has 47 heavy (non-hydrogen) atoms. The maximum absolute atomic E-state index is 9.23. The van der Waals surface area contributed by atoms with Crippen molar-refractivity contribution in [3.63, 3.8) is 0 Å². The molecular weight excluding hydrogens is 567 g/mol. The van der Waals surface area contributed by atoms with E-state index >= 15 is 0 Å². The first-order valence-corrected chi connectivity index (χ1v) is 15.8. The van der Waals surface area contributed by atoms with Gasteiger partial charge in [-0.15, -0.1) is 0 Å². The third-order valence-electron chi connectivity index (χ3n) is 8.53. The van der Waals surface area contributed by atoms with Gasteiger partial charge in [-0.05, 0) is 104 Å². The maximum atomic E-state index is 9.23. The van der Waals surface area contributed by atoms with Crippen molar-refractivity contribution in [3.05, 3.63) is 200 Å². The van der Waals surface area contributed by atoms with Crippen LogP contribution in [0.1, 0.15) is 5.48 Å². The molecule has 0 amide bonds. The molecule has 0 saturated heterocycles. The molecule has 0 saturated carbocycles. The van der Waals surface area contributed by atoms with E-state index in [1.807, 2.05) is 89.8 Å². The van der Waals surface area contributed by atoms with E-state index in [1.165, 1.54) is 10.8 Å². The Morgan fingerprint density at radius 1 is 0.277 bits per heavy atom. The van der Waals surface area contributed by atoms with Crippen LogP contribution in [0.2, 0.25) is 0 Å². The largest absolute Gasteiger partial charge is 0.311 e. The highest BCUT2D eigenvalue weighted by molar-refractivity contribution is 5.88. The van der Waals surface area contributed by atoms with E-state index in [0.29, 0.717) is 5.56 Å². The van der Waals surface area contributed by atoms with Crippen LogP contribution in [-0.4, -0.2) is 0 Å². The number of benzene rings is 8. The summed E-state index contributed by atoms with van der Waals surface area (Å²) in [6, 6.07) is 58.5. The molecule has 1 heteroatoms. The fraction of sp³-hybridized carbons (Fsp3) is 0. The van der Waals surface area contributed by atoms with Gasteiger partial charge in [-0.2, -0.15) is 0 Å². The van der Waals surface area contributed by atoms with Gasteiger partial charge in [0.2, 0.25) is 0 Å². The molecule has 0 aliphatic carbocycles. The molecule has 0 aliphatic rings. The summed E-state index contributed by atoms with van der Waals surface area (Å²) in [6.45, 7) is 0. The van der Waals surface area contributed by atoms with Gasteiger partial charge in [-0.1, -0.05) is 152 Å². The topological polar surface area (TPSA) is 3.24 Å². The molecule has 0 aromatic heterocycles. The van der Waals surface area contributed by atoms with Crippen LogP contribution in [-0.2, 0) is 0 Å². The van der Waals surface area contributed by atoms with Crippen molar-refractivity contribution in [3.8, 4) is 44.5 Å². The minimum atomic E-state index is -0.103. The molecule has 222 valence electrons. The Kier molecular flexibility index (Phi) is 6.50. The van der Waals surface area contributed by atoms with Crippen LogP contribution in [0.4, 0.5) is 17.1 Å². The third-order valence-corrected chi connectivity index (χ3v) is 8.53. The zero-order valence-corrected chi connectivity index (χ0v) is 25.7. The van der Waals surface area contributed by atoms with Gasteiger partial charge >= 0.3 is 0 Å². The molecule has 8 aromatic carbocycles. The summed E-state index contributed by atoms with van der Waals surface area (Å²) in [5.74, 6) is 0. The fourth-order valence-corrected chi connectivity index (χ4v) is 6.06. The highest BCUT2D eigenvalue weighted by atomic mass is 15.1. The summed E-state index contributed by atoms with van der Waals surface area (Å²) in [4.78, 5) is 1.83. The number of rotatable bonds is 7. The molecule has 0 unspecified atom stereocenters. The lowest BCUT2D eigenvalue weighted by molar-refractivity contribution is 1.28. The molecular formula is C46H33N. The molecule has 0 bridgehead atoms. The lowest BCUT2D eigenvalue weighted by Crippen LogP contribution is -2.09. The second-order valence-electron chi connectivity index (χ2n) is 11.5. The number of nitrogens with zero attached hydrogens (tertiary/aromatic N) is 1. The van der Waals surface area contributed by atoms with Gasteiger partial charge in [0.15, 0.2) is 0 Å². The lowest BCUT2D eigenvalue weighted by Gasteiger charge is -2.26. The predicted molar refractivity (Wildman–Crippen MR) is 200 cm³/mol. The first-order chi connectivity index (χ1) is 25.0. The van der Waals surface area contributed by atoms with Crippen LogP contribution in [0.5, 0.6) is 0 Å². The van der Waals surface area contributed by atoms with E-state index in [-0.39, 0.29) is 35.4 Å². The molecule has 0 heterocycles. The van der Waals surface area contributed by atoms with Crippen molar-refractivity contribution in [2.75, 3.05) is 4.90 Å². The summed E-state index contributed by atoms with van der Waals surface area (Å²) in [5, 5.41) is 2.41.